The van der Waals surface area contributed by atoms with E-state index in [1.807, 2.05) is 42.5 Å². The van der Waals surface area contributed by atoms with Crippen LogP contribution in [0.25, 0.3) is 131 Å². The Morgan fingerprint density at radius 3 is 1.62 bits per heavy atom. The van der Waals surface area contributed by atoms with Gasteiger partial charge in [-0.25, -0.2) is 0 Å². The van der Waals surface area contributed by atoms with E-state index in [1.165, 1.54) is 0 Å². The van der Waals surface area contributed by atoms with Crippen LogP contribution in [0, 0.1) is 0 Å². The van der Waals surface area contributed by atoms with Crippen molar-refractivity contribution >= 4 is 87.0 Å². The van der Waals surface area contributed by atoms with Crippen molar-refractivity contribution in [3.05, 3.63) is 206 Å². The molecule has 0 fully saturated rings. The van der Waals surface area contributed by atoms with Crippen LogP contribution in [0.5, 0.6) is 0 Å². The number of benzene rings is 11. The quantitative estimate of drug-likeness (QED) is 0.166. The van der Waals surface area contributed by atoms with Crippen LogP contribution in [0.3, 0.4) is 0 Å². The Morgan fingerprint density at radius 2 is 0.883 bits per heavy atom. The van der Waals surface area contributed by atoms with Crippen molar-refractivity contribution in [1.29, 1.82) is 0 Å². The number of hydrogen-bond acceptors (Lipinski definition) is 2. The summed E-state index contributed by atoms with van der Waals surface area (Å²) in [6.07, 6.45) is 0. The summed E-state index contributed by atoms with van der Waals surface area (Å²) in [4.78, 5) is 0. The molecule has 0 radical (unpaired) electrons. The molecule has 0 unspecified atom stereocenters. The molecule has 60 heavy (non-hydrogen) atoms. The monoisotopic (exact) mass is 785 g/mol. The summed E-state index contributed by atoms with van der Waals surface area (Å²) in [6.45, 7) is 0. The Balaban J connectivity index is 1.14. The van der Waals surface area contributed by atoms with Crippen molar-refractivity contribution in [2.75, 3.05) is 0 Å². The maximum absolute atomic E-state index is 10.0. The van der Waals surface area contributed by atoms with Crippen molar-refractivity contribution in [1.82, 2.24) is 0 Å². The SMILES string of the molecule is [2H]c1c([2H])c([2H])c2c(oc3c([2H])c([2H])c4oc5c([2H])c(-c6c([2H])c([2H])c([2H])c7c([2H])c(-c8c9c([2H])c([2H])c([2H])c([2H])c9c(-c9ccc(-c%10ccc%11ccccc%11c%10)cc9)c9c([2H])c([2H])c([2H])c([2H])c89)c([2H])c([2H])c67)c([2H])c([2H])c5c4c32)c1[2H]. The molecule has 0 saturated carbocycles. The minimum atomic E-state index is -0.940. The maximum atomic E-state index is 10.0. The van der Waals surface area contributed by atoms with E-state index in [-0.39, 0.29) is 54.6 Å². The van der Waals surface area contributed by atoms with Crippen LogP contribution < -0.4 is 0 Å². The first kappa shape index (κ1) is 17.9. The molecule has 13 rings (SSSR count). The smallest absolute Gasteiger partial charge is 0.136 e. The van der Waals surface area contributed by atoms with Gasteiger partial charge in [-0.1, -0.05) is 163 Å². The van der Waals surface area contributed by atoms with Gasteiger partial charge < -0.3 is 8.83 Å². The molecule has 0 spiro atoms. The molecule has 278 valence electrons. The molecular formula is C58H34O2. The minimum absolute atomic E-state index is 0.0516. The zero-order chi connectivity index (χ0) is 59.3. The lowest BCUT2D eigenvalue weighted by atomic mass is 9.85. The predicted octanol–water partition coefficient (Wildman–Crippen LogP) is 16.8. The Hall–Kier alpha value is -7.94. The lowest BCUT2D eigenvalue weighted by molar-refractivity contribution is 0.663. The average Bonchev–Trinajstić information content (AvgIpc) is 2.08. The van der Waals surface area contributed by atoms with Crippen LogP contribution in [-0.2, 0) is 0 Å². The average molecular weight is 786 g/mol. The molecule has 0 aliphatic rings. The number of rotatable bonds is 4. The molecule has 11 aromatic carbocycles. The second-order valence-electron chi connectivity index (χ2n) is 14.2. The van der Waals surface area contributed by atoms with Gasteiger partial charge in [-0.2, -0.15) is 0 Å². The first-order valence-electron chi connectivity index (χ1n) is 30.2. The Bertz CT molecular complexity index is 5160. The molecule has 0 atom stereocenters. The van der Waals surface area contributed by atoms with Gasteiger partial charge in [-0.3, -0.25) is 0 Å². The Labute approximate surface area is 377 Å². The predicted molar refractivity (Wildman–Crippen MR) is 253 cm³/mol. The third-order valence-electron chi connectivity index (χ3n) is 10.9. The van der Waals surface area contributed by atoms with Gasteiger partial charge in [0.2, 0.25) is 0 Å². The van der Waals surface area contributed by atoms with Crippen molar-refractivity contribution < 1.29 is 40.4 Å². The zero-order valence-corrected chi connectivity index (χ0v) is 30.7. The highest BCUT2D eigenvalue weighted by Gasteiger charge is 2.19. The van der Waals surface area contributed by atoms with Gasteiger partial charge in [0.1, 0.15) is 22.3 Å². The van der Waals surface area contributed by atoms with E-state index in [0.29, 0.717) is 0 Å². The van der Waals surface area contributed by atoms with E-state index in [0.717, 1.165) is 21.9 Å². The van der Waals surface area contributed by atoms with E-state index < -0.39 is 194 Å². The molecule has 0 amide bonds. The van der Waals surface area contributed by atoms with Crippen molar-refractivity contribution in [2.45, 2.75) is 0 Å². The molecule has 0 N–H and O–H groups in total. The maximum Gasteiger partial charge on any atom is 0.136 e. The van der Waals surface area contributed by atoms with Crippen molar-refractivity contribution in [2.24, 2.45) is 0 Å². The molecule has 0 aliphatic carbocycles. The summed E-state index contributed by atoms with van der Waals surface area (Å²) < 4.78 is 224. The number of hydrogen-bond donors (Lipinski definition) is 0. The lowest BCUT2D eigenvalue weighted by Gasteiger charge is -2.18. The number of furan rings is 2. The fourth-order valence-corrected chi connectivity index (χ4v) is 8.20. The van der Waals surface area contributed by atoms with Crippen LogP contribution >= 0.6 is 0 Å². The normalized spacial score (nSPS) is 17.4. The van der Waals surface area contributed by atoms with Gasteiger partial charge in [0.05, 0.1) is 31.5 Å². The summed E-state index contributed by atoms with van der Waals surface area (Å²) >= 11 is 0. The molecule has 2 nitrogen and oxygen atoms in total. The van der Waals surface area contributed by atoms with E-state index >= 15 is 0 Å². The van der Waals surface area contributed by atoms with Crippen LogP contribution in [0.1, 0.15) is 31.5 Å². The molecular weight excluding hydrogens is 729 g/mol. The third kappa shape index (κ3) is 4.95. The van der Waals surface area contributed by atoms with E-state index in [2.05, 4.69) is 0 Å². The van der Waals surface area contributed by atoms with E-state index in [1.54, 1.807) is 24.3 Å². The van der Waals surface area contributed by atoms with Crippen LogP contribution in [-0.4, -0.2) is 0 Å². The highest BCUT2D eigenvalue weighted by atomic mass is 16.3. The van der Waals surface area contributed by atoms with Gasteiger partial charge in [-0.05, 0) is 130 Å². The second kappa shape index (κ2) is 12.8. The van der Waals surface area contributed by atoms with Crippen LogP contribution in [0.2, 0.25) is 0 Å². The number of fused-ring (bicyclic) bond motifs is 11. The molecule has 0 bridgehead atoms. The van der Waals surface area contributed by atoms with Gasteiger partial charge in [0, 0.05) is 21.5 Å². The molecule has 0 saturated heterocycles. The van der Waals surface area contributed by atoms with Gasteiger partial charge in [0.25, 0.3) is 0 Å². The Kier molecular flexibility index (Phi) is 3.81. The molecule has 2 aromatic heterocycles. The summed E-state index contributed by atoms with van der Waals surface area (Å²) in [7, 11) is 0. The summed E-state index contributed by atoms with van der Waals surface area (Å²) in [6, 6.07) is 2.77. The summed E-state index contributed by atoms with van der Waals surface area (Å²) in [5, 5.41) is -1.71. The fourth-order valence-electron chi connectivity index (χ4n) is 8.20. The molecule has 2 heteroatoms. The van der Waals surface area contributed by atoms with Gasteiger partial charge in [0.15, 0.2) is 0 Å². The van der Waals surface area contributed by atoms with Crippen LogP contribution in [0.15, 0.2) is 215 Å². The topological polar surface area (TPSA) is 26.3 Å². The lowest BCUT2D eigenvalue weighted by Crippen LogP contribution is -1.91. The van der Waals surface area contributed by atoms with Crippen molar-refractivity contribution in [3.8, 4) is 44.5 Å². The van der Waals surface area contributed by atoms with Gasteiger partial charge in [-0.15, -0.1) is 0 Å². The number of para-hydroxylation sites is 1. The summed E-state index contributed by atoms with van der Waals surface area (Å²) in [5.41, 5.74) is -2.51. The minimum Gasteiger partial charge on any atom is -0.456 e. The molecule has 13 aromatic rings. The summed E-state index contributed by atoms with van der Waals surface area (Å²) in [5.74, 6) is 0. The largest absolute Gasteiger partial charge is 0.456 e. The molecule has 0 aliphatic heterocycles. The standard InChI is InChI=1S/C58H34O2/c1-2-11-38-32-39(25-22-35(38)10-1)36-20-23-37(24-21-36)55-45-13-3-5-15-47(45)56(48-16-6-4-14-46(48)55)42-27-28-44-40(33-42)12-9-18-43(44)41-26-29-50-54(34-41)60-53-31-30-52-57(58(50)53)49-17-7-8-19-51(49)59-52/h1-34H/i3D,4D,5D,6D,7D,8D,9D,12D,13D,14D,15D,16D,17D,18D,19D,26D,27D,28D,29D,30D,31D,33D,34D. The third-order valence-corrected chi connectivity index (χ3v) is 10.9. The first-order chi connectivity index (χ1) is 39.3. The van der Waals surface area contributed by atoms with Crippen LogP contribution in [0.4, 0.5) is 0 Å². The fraction of sp³-hybridized carbons (Fsp3) is 0. The van der Waals surface area contributed by atoms with Crippen molar-refractivity contribution in [3.63, 3.8) is 0 Å². The Morgan fingerprint density at radius 1 is 0.317 bits per heavy atom. The van der Waals surface area contributed by atoms with Gasteiger partial charge >= 0.3 is 0 Å². The first-order valence-corrected chi connectivity index (χ1v) is 18.7. The van der Waals surface area contributed by atoms with E-state index in [9.17, 15) is 16.4 Å². The zero-order valence-electron chi connectivity index (χ0n) is 53.7. The highest BCUT2D eigenvalue weighted by molar-refractivity contribution is 6.26. The second-order valence-corrected chi connectivity index (χ2v) is 14.2. The van der Waals surface area contributed by atoms with E-state index in [4.69, 9.17) is 23.9 Å². The highest BCUT2D eigenvalue weighted by Crippen LogP contribution is 2.46. The molecule has 2 heterocycles.